The largest absolute Gasteiger partial charge is 0.508 e. The summed E-state index contributed by atoms with van der Waals surface area (Å²) in [5, 5.41) is 17.9. The van der Waals surface area contributed by atoms with Gasteiger partial charge in [-0.3, -0.25) is 14.7 Å². The molecule has 4 aliphatic rings. The lowest BCUT2D eigenvalue weighted by atomic mass is 9.94. The van der Waals surface area contributed by atoms with Crippen LogP contribution in [-0.2, 0) is 9.53 Å². The molecule has 6 heterocycles. The van der Waals surface area contributed by atoms with Gasteiger partial charge in [0.05, 0.1) is 23.6 Å². The van der Waals surface area contributed by atoms with Gasteiger partial charge in [-0.05, 0) is 49.4 Å². The molecule has 1 spiro atoms. The van der Waals surface area contributed by atoms with Crippen LogP contribution in [0.3, 0.4) is 0 Å². The molecule has 11 nitrogen and oxygen atoms in total. The Morgan fingerprint density at radius 2 is 2.04 bits per heavy atom. The number of nitrogens with zero attached hydrogens (tertiary/aromatic N) is 5. The van der Waals surface area contributed by atoms with E-state index in [1.165, 1.54) is 30.5 Å². The first-order chi connectivity index (χ1) is 22.4. The number of phenols is 1. The molecule has 8 rings (SSSR count). The SMILES string of the molecule is O=C1CCOC2CN3CCCC3(COc3nc(c4cnc(-c5cc(O)cc6cccc(F)c56)c(F)c4n3)N3CCNC(CN1)C3)C2. The second kappa shape index (κ2) is 11.6. The van der Waals surface area contributed by atoms with Gasteiger partial charge in [-0.1, -0.05) is 12.1 Å². The van der Waals surface area contributed by atoms with Crippen molar-refractivity contribution in [1.29, 1.82) is 0 Å². The van der Waals surface area contributed by atoms with Gasteiger partial charge < -0.3 is 30.1 Å². The average Bonchev–Trinajstić information content (AvgIpc) is 3.59. The first kappa shape index (κ1) is 29.2. The number of amides is 1. The number of ether oxygens (including phenoxy) is 2. The molecule has 2 aromatic carbocycles. The molecule has 3 fully saturated rings. The number of aromatic hydroxyl groups is 1. The molecule has 0 aliphatic carbocycles. The summed E-state index contributed by atoms with van der Waals surface area (Å²) in [6.45, 7) is 4.45. The van der Waals surface area contributed by atoms with E-state index in [0.29, 0.717) is 62.4 Å². The Balaban J connectivity index is 1.25. The van der Waals surface area contributed by atoms with Gasteiger partial charge in [0.1, 0.15) is 35.2 Å². The molecule has 46 heavy (non-hydrogen) atoms. The lowest BCUT2D eigenvalue weighted by Gasteiger charge is -2.35. The summed E-state index contributed by atoms with van der Waals surface area (Å²) < 4.78 is 44.3. The topological polar surface area (TPSA) is 125 Å². The Hall–Kier alpha value is -4.20. The Morgan fingerprint density at radius 1 is 1.13 bits per heavy atom. The third-order valence-electron chi connectivity index (χ3n) is 9.84. The van der Waals surface area contributed by atoms with Gasteiger partial charge in [0.2, 0.25) is 5.91 Å². The summed E-state index contributed by atoms with van der Waals surface area (Å²) in [6.07, 6.45) is 4.48. The molecule has 1 amide bonds. The van der Waals surface area contributed by atoms with E-state index >= 15 is 8.78 Å². The molecule has 4 aromatic rings. The summed E-state index contributed by atoms with van der Waals surface area (Å²) in [4.78, 5) is 30.9. The van der Waals surface area contributed by atoms with Crippen molar-refractivity contribution in [3.63, 3.8) is 0 Å². The van der Waals surface area contributed by atoms with Crippen molar-refractivity contribution < 1.29 is 28.2 Å². The van der Waals surface area contributed by atoms with E-state index in [1.807, 2.05) is 4.90 Å². The van der Waals surface area contributed by atoms with E-state index < -0.39 is 11.6 Å². The van der Waals surface area contributed by atoms with Crippen molar-refractivity contribution >= 4 is 33.4 Å². The Bertz CT molecular complexity index is 1840. The van der Waals surface area contributed by atoms with Crippen LogP contribution in [0.5, 0.6) is 11.8 Å². The van der Waals surface area contributed by atoms with Crippen LogP contribution in [0, 0.1) is 11.6 Å². The molecule has 240 valence electrons. The standard InChI is InChI=1S/C33H35F2N7O4/c34-25-4-1-3-19-11-21(43)12-23(27(19)25)29-28(35)30-24(15-38-29)31-40-32(39-30)46-18-33-6-2-8-42(33)17-22(13-33)45-10-5-26(44)37-14-20-16-41(31)9-7-36-20/h1,3-4,11-12,15,20,22,36,43H,2,5-10,13-14,16-18H2,(H,37,44). The van der Waals surface area contributed by atoms with Crippen LogP contribution < -0.4 is 20.3 Å². The van der Waals surface area contributed by atoms with Crippen molar-refractivity contribution in [3.8, 4) is 23.0 Å². The summed E-state index contributed by atoms with van der Waals surface area (Å²) in [7, 11) is 0. The van der Waals surface area contributed by atoms with Gasteiger partial charge in [-0.2, -0.15) is 9.97 Å². The van der Waals surface area contributed by atoms with E-state index in [4.69, 9.17) is 14.5 Å². The van der Waals surface area contributed by atoms with E-state index in [1.54, 1.807) is 6.07 Å². The van der Waals surface area contributed by atoms with Crippen LogP contribution in [0.1, 0.15) is 25.7 Å². The third kappa shape index (κ3) is 5.16. The van der Waals surface area contributed by atoms with Crippen LogP contribution in [-0.4, -0.2) is 101 Å². The number of pyridine rings is 1. The van der Waals surface area contributed by atoms with E-state index in [2.05, 4.69) is 25.5 Å². The normalized spacial score (nSPS) is 25.7. The first-order valence-corrected chi connectivity index (χ1v) is 15.9. The monoisotopic (exact) mass is 631 g/mol. The predicted molar refractivity (Wildman–Crippen MR) is 167 cm³/mol. The molecule has 3 N–H and O–H groups in total. The minimum atomic E-state index is -0.763. The van der Waals surface area contributed by atoms with Crippen LogP contribution in [0.4, 0.5) is 14.6 Å². The van der Waals surface area contributed by atoms with Crippen molar-refractivity contribution in [2.24, 2.45) is 0 Å². The van der Waals surface area contributed by atoms with Gasteiger partial charge in [-0.15, -0.1) is 0 Å². The maximum absolute atomic E-state index is 16.7. The zero-order chi connectivity index (χ0) is 31.4. The number of phenolic OH excluding ortho intramolecular Hbond substituents is 1. The number of hydrogen-bond acceptors (Lipinski definition) is 10. The highest BCUT2D eigenvalue weighted by molar-refractivity contribution is 6.00. The third-order valence-corrected chi connectivity index (χ3v) is 9.84. The number of halogens is 2. The summed E-state index contributed by atoms with van der Waals surface area (Å²) >= 11 is 0. The number of carbonyl (C=O) groups is 1. The smallest absolute Gasteiger partial charge is 0.319 e. The number of hydrogen-bond donors (Lipinski definition) is 3. The second-order valence-corrected chi connectivity index (χ2v) is 12.8. The number of rotatable bonds is 1. The van der Waals surface area contributed by atoms with Gasteiger partial charge in [-0.25, -0.2) is 8.78 Å². The molecule has 2 aromatic heterocycles. The van der Waals surface area contributed by atoms with Gasteiger partial charge >= 0.3 is 6.01 Å². The molecular formula is C33H35F2N7O4. The molecule has 4 aliphatic heterocycles. The summed E-state index contributed by atoms with van der Waals surface area (Å²) in [5.74, 6) is -1.04. The molecule has 0 saturated carbocycles. The fraction of sp³-hybridized carbons (Fsp3) is 0.455. The molecule has 3 saturated heterocycles. The lowest BCUT2D eigenvalue weighted by molar-refractivity contribution is -0.122. The number of fused-ring (bicyclic) bond motifs is 9. The summed E-state index contributed by atoms with van der Waals surface area (Å²) in [6, 6.07) is 7.20. The van der Waals surface area contributed by atoms with E-state index in [9.17, 15) is 9.90 Å². The molecular weight excluding hydrogens is 596 g/mol. The number of nitrogens with one attached hydrogen (secondary N) is 2. The molecule has 13 heteroatoms. The number of carbonyl (C=O) groups excluding carboxylic acids is 1. The van der Waals surface area contributed by atoms with Crippen LogP contribution in [0.2, 0.25) is 0 Å². The Kier molecular flexibility index (Phi) is 7.34. The zero-order valence-electron chi connectivity index (χ0n) is 25.3. The number of piperazine rings is 1. The highest BCUT2D eigenvalue weighted by atomic mass is 19.1. The molecule has 0 radical (unpaired) electrons. The van der Waals surface area contributed by atoms with Crippen LogP contribution in [0.25, 0.3) is 32.9 Å². The number of benzene rings is 2. The van der Waals surface area contributed by atoms with Crippen molar-refractivity contribution in [2.45, 2.75) is 43.4 Å². The second-order valence-electron chi connectivity index (χ2n) is 12.8. The summed E-state index contributed by atoms with van der Waals surface area (Å²) in [5.41, 5.74) is -0.284. The van der Waals surface area contributed by atoms with Gasteiger partial charge in [0, 0.05) is 62.3 Å². The van der Waals surface area contributed by atoms with Gasteiger partial charge in [0.15, 0.2) is 5.82 Å². The number of aromatic nitrogens is 3. The van der Waals surface area contributed by atoms with Gasteiger partial charge in [0.25, 0.3) is 0 Å². The van der Waals surface area contributed by atoms with Crippen molar-refractivity contribution in [1.82, 2.24) is 30.5 Å². The lowest BCUT2D eigenvalue weighted by Crippen LogP contribution is -2.55. The molecule has 6 bridgehead atoms. The highest BCUT2D eigenvalue weighted by Gasteiger charge is 2.49. The molecule has 3 unspecified atom stereocenters. The molecule has 3 atom stereocenters. The van der Waals surface area contributed by atoms with Crippen LogP contribution in [0.15, 0.2) is 36.5 Å². The Labute approximate surface area is 263 Å². The first-order valence-electron chi connectivity index (χ1n) is 15.9. The highest BCUT2D eigenvalue weighted by Crippen LogP contribution is 2.41. The minimum Gasteiger partial charge on any atom is -0.508 e. The van der Waals surface area contributed by atoms with Crippen LogP contribution >= 0.6 is 0 Å². The average molecular weight is 632 g/mol. The maximum atomic E-state index is 16.7. The fourth-order valence-electron chi connectivity index (χ4n) is 7.64. The van der Waals surface area contributed by atoms with E-state index in [0.717, 1.165) is 32.4 Å². The maximum Gasteiger partial charge on any atom is 0.319 e. The quantitative estimate of drug-likeness (QED) is 0.289. The Morgan fingerprint density at radius 3 is 2.96 bits per heavy atom. The number of anilines is 1. The fourth-order valence-corrected chi connectivity index (χ4v) is 7.64. The van der Waals surface area contributed by atoms with Crippen molar-refractivity contribution in [2.75, 3.05) is 57.4 Å². The predicted octanol–water partition coefficient (Wildman–Crippen LogP) is 3.13. The minimum absolute atomic E-state index is 0.00690. The van der Waals surface area contributed by atoms with E-state index in [-0.39, 0.29) is 57.5 Å². The van der Waals surface area contributed by atoms with Crippen molar-refractivity contribution in [3.05, 3.63) is 48.2 Å². The zero-order valence-corrected chi connectivity index (χ0v) is 25.3.